The fourth-order valence-electron chi connectivity index (χ4n) is 2.83. The Labute approximate surface area is 152 Å². The van der Waals surface area contributed by atoms with Crippen LogP contribution in [0.15, 0.2) is 54.6 Å². The Morgan fingerprint density at radius 2 is 1.88 bits per heavy atom. The zero-order valence-electron chi connectivity index (χ0n) is 14.9. The van der Waals surface area contributed by atoms with Crippen molar-refractivity contribution in [3.8, 4) is 17.0 Å². The number of rotatable bonds is 5. The van der Waals surface area contributed by atoms with Crippen LogP contribution >= 0.6 is 0 Å². The van der Waals surface area contributed by atoms with E-state index in [1.165, 1.54) is 0 Å². The first-order valence-corrected chi connectivity index (χ1v) is 8.78. The summed E-state index contributed by atoms with van der Waals surface area (Å²) in [4.78, 5) is 12.5. The van der Waals surface area contributed by atoms with Gasteiger partial charge >= 0.3 is 0 Å². The Morgan fingerprint density at radius 3 is 2.58 bits per heavy atom. The smallest absolute Gasteiger partial charge is 0.256 e. The van der Waals surface area contributed by atoms with Crippen molar-refractivity contribution < 1.29 is 9.53 Å². The molecule has 0 radical (unpaired) electrons. The van der Waals surface area contributed by atoms with Crippen molar-refractivity contribution >= 4 is 11.7 Å². The summed E-state index contributed by atoms with van der Waals surface area (Å²) in [5.74, 6) is 1.31. The molecule has 0 bridgehead atoms. The molecule has 1 aromatic heterocycles. The first kappa shape index (κ1) is 16.4. The van der Waals surface area contributed by atoms with Crippen molar-refractivity contribution in [3.05, 3.63) is 65.7 Å². The van der Waals surface area contributed by atoms with Gasteiger partial charge in [0.15, 0.2) is 0 Å². The quantitative estimate of drug-likeness (QED) is 0.753. The van der Waals surface area contributed by atoms with Gasteiger partial charge in [0.25, 0.3) is 5.91 Å². The third-order valence-electron chi connectivity index (χ3n) is 4.49. The van der Waals surface area contributed by atoms with Gasteiger partial charge in [-0.05, 0) is 49.6 Å². The van der Waals surface area contributed by atoms with Gasteiger partial charge in [0.1, 0.15) is 11.6 Å². The maximum atomic E-state index is 12.5. The lowest BCUT2D eigenvalue weighted by molar-refractivity contribution is 0.102. The standard InChI is InChI=1S/C21H21N3O2/c1-14-5-3-4-6-18(14)19-13-20(24(2)23-19)22-21(25)15-7-9-16(10-8-15)26-17-11-12-17/h3-10,13,17H,11-12H2,1-2H3,(H,22,25). The summed E-state index contributed by atoms with van der Waals surface area (Å²) in [5, 5.41) is 7.45. The Kier molecular flexibility index (Phi) is 4.21. The highest BCUT2D eigenvalue weighted by molar-refractivity contribution is 6.04. The Balaban J connectivity index is 1.50. The molecule has 0 saturated heterocycles. The van der Waals surface area contributed by atoms with Gasteiger partial charge in [-0.1, -0.05) is 24.3 Å². The molecule has 1 aliphatic carbocycles. The van der Waals surface area contributed by atoms with E-state index in [1.54, 1.807) is 16.8 Å². The van der Waals surface area contributed by atoms with Crippen LogP contribution in [0.2, 0.25) is 0 Å². The van der Waals surface area contributed by atoms with Crippen LogP contribution in [-0.4, -0.2) is 21.8 Å². The van der Waals surface area contributed by atoms with E-state index < -0.39 is 0 Å². The number of amides is 1. The summed E-state index contributed by atoms with van der Waals surface area (Å²) >= 11 is 0. The first-order valence-electron chi connectivity index (χ1n) is 8.78. The molecule has 1 heterocycles. The zero-order valence-corrected chi connectivity index (χ0v) is 14.9. The molecular weight excluding hydrogens is 326 g/mol. The highest BCUT2D eigenvalue weighted by Crippen LogP contribution is 2.27. The normalized spacial score (nSPS) is 13.5. The summed E-state index contributed by atoms with van der Waals surface area (Å²) in [5.41, 5.74) is 3.64. The lowest BCUT2D eigenvalue weighted by Gasteiger charge is -2.07. The summed E-state index contributed by atoms with van der Waals surface area (Å²) in [7, 11) is 1.82. The topological polar surface area (TPSA) is 56.1 Å². The number of anilines is 1. The maximum absolute atomic E-state index is 12.5. The zero-order chi connectivity index (χ0) is 18.1. The predicted molar refractivity (Wildman–Crippen MR) is 101 cm³/mol. The van der Waals surface area contributed by atoms with Crippen LogP contribution in [0, 0.1) is 6.92 Å². The molecule has 1 fully saturated rings. The average molecular weight is 347 g/mol. The minimum Gasteiger partial charge on any atom is -0.490 e. The highest BCUT2D eigenvalue weighted by Gasteiger charge is 2.23. The fourth-order valence-corrected chi connectivity index (χ4v) is 2.83. The molecule has 5 nitrogen and oxygen atoms in total. The Bertz CT molecular complexity index is 940. The summed E-state index contributed by atoms with van der Waals surface area (Å²) in [6, 6.07) is 17.2. The third-order valence-corrected chi connectivity index (χ3v) is 4.49. The van der Waals surface area contributed by atoms with Gasteiger partial charge in [0.05, 0.1) is 11.8 Å². The van der Waals surface area contributed by atoms with Gasteiger partial charge in [-0.2, -0.15) is 5.10 Å². The molecule has 0 spiro atoms. The lowest BCUT2D eigenvalue weighted by atomic mass is 10.1. The number of nitrogens with one attached hydrogen (secondary N) is 1. The van der Waals surface area contributed by atoms with Gasteiger partial charge in [-0.25, -0.2) is 0 Å². The van der Waals surface area contributed by atoms with Crippen LogP contribution in [-0.2, 0) is 7.05 Å². The Hall–Kier alpha value is -3.08. The minimum absolute atomic E-state index is 0.165. The van der Waals surface area contributed by atoms with Gasteiger partial charge < -0.3 is 10.1 Å². The number of aromatic nitrogens is 2. The van der Waals surface area contributed by atoms with Crippen molar-refractivity contribution in [2.75, 3.05) is 5.32 Å². The summed E-state index contributed by atoms with van der Waals surface area (Å²) < 4.78 is 7.40. The average Bonchev–Trinajstić information content (AvgIpc) is 3.38. The van der Waals surface area contributed by atoms with E-state index >= 15 is 0 Å². The predicted octanol–water partition coefficient (Wildman–Crippen LogP) is 4.19. The van der Waals surface area contributed by atoms with Crippen molar-refractivity contribution in [1.29, 1.82) is 0 Å². The third kappa shape index (κ3) is 3.47. The number of carbonyl (C=O) groups is 1. The number of nitrogens with zero attached hydrogens (tertiary/aromatic N) is 2. The maximum Gasteiger partial charge on any atom is 0.256 e. The number of carbonyl (C=O) groups excluding carboxylic acids is 1. The van der Waals surface area contributed by atoms with Crippen LogP contribution in [0.5, 0.6) is 5.75 Å². The molecule has 26 heavy (non-hydrogen) atoms. The van der Waals surface area contributed by atoms with Gasteiger partial charge in [0.2, 0.25) is 0 Å². The van der Waals surface area contributed by atoms with Crippen LogP contribution in [0.3, 0.4) is 0 Å². The number of benzene rings is 2. The van der Waals surface area contributed by atoms with Crippen LogP contribution in [0.4, 0.5) is 5.82 Å². The first-order chi connectivity index (χ1) is 12.6. The number of aryl methyl sites for hydroxylation is 2. The minimum atomic E-state index is -0.165. The van der Waals surface area contributed by atoms with Crippen molar-refractivity contribution in [3.63, 3.8) is 0 Å². The second-order valence-corrected chi connectivity index (χ2v) is 6.65. The van der Waals surface area contributed by atoms with Gasteiger partial charge in [-0.15, -0.1) is 0 Å². The molecule has 0 aliphatic heterocycles. The molecule has 4 rings (SSSR count). The monoisotopic (exact) mass is 347 g/mol. The molecule has 5 heteroatoms. The van der Waals surface area contributed by atoms with Crippen molar-refractivity contribution in [2.45, 2.75) is 25.9 Å². The molecule has 1 saturated carbocycles. The SMILES string of the molecule is Cc1ccccc1-c1cc(NC(=O)c2ccc(OC3CC3)cc2)n(C)n1. The number of ether oxygens (including phenoxy) is 1. The lowest BCUT2D eigenvalue weighted by Crippen LogP contribution is -2.14. The Morgan fingerprint density at radius 1 is 1.15 bits per heavy atom. The molecule has 132 valence electrons. The highest BCUT2D eigenvalue weighted by atomic mass is 16.5. The number of hydrogen-bond acceptors (Lipinski definition) is 3. The van der Waals surface area contributed by atoms with E-state index in [2.05, 4.69) is 10.4 Å². The van der Waals surface area contributed by atoms with E-state index in [0.29, 0.717) is 17.5 Å². The largest absolute Gasteiger partial charge is 0.490 e. The molecule has 3 aromatic rings. The van der Waals surface area contributed by atoms with Gasteiger partial charge in [0, 0.05) is 24.2 Å². The van der Waals surface area contributed by atoms with E-state index in [9.17, 15) is 4.79 Å². The van der Waals surface area contributed by atoms with Gasteiger partial charge in [-0.3, -0.25) is 9.48 Å². The molecule has 1 N–H and O–H groups in total. The molecule has 0 atom stereocenters. The molecular formula is C21H21N3O2. The second kappa shape index (κ2) is 6.67. The van der Waals surface area contributed by atoms with Crippen LogP contribution in [0.25, 0.3) is 11.3 Å². The van der Waals surface area contributed by atoms with Crippen molar-refractivity contribution in [1.82, 2.24) is 9.78 Å². The fraction of sp³-hybridized carbons (Fsp3) is 0.238. The number of hydrogen-bond donors (Lipinski definition) is 1. The molecule has 2 aromatic carbocycles. The van der Waals surface area contributed by atoms with E-state index in [-0.39, 0.29) is 5.91 Å². The molecule has 1 amide bonds. The van der Waals surface area contributed by atoms with Crippen LogP contribution < -0.4 is 10.1 Å². The second-order valence-electron chi connectivity index (χ2n) is 6.65. The summed E-state index contributed by atoms with van der Waals surface area (Å²) in [6.45, 7) is 2.05. The van der Waals surface area contributed by atoms with E-state index in [1.807, 2.05) is 56.4 Å². The summed E-state index contributed by atoms with van der Waals surface area (Å²) in [6.07, 6.45) is 2.58. The molecule has 0 unspecified atom stereocenters. The van der Waals surface area contributed by atoms with E-state index in [0.717, 1.165) is 35.4 Å². The molecule has 1 aliphatic rings. The van der Waals surface area contributed by atoms with Crippen molar-refractivity contribution in [2.24, 2.45) is 7.05 Å². The van der Waals surface area contributed by atoms with Crippen LogP contribution in [0.1, 0.15) is 28.8 Å². The van der Waals surface area contributed by atoms with E-state index in [4.69, 9.17) is 4.74 Å².